The second-order valence-electron chi connectivity index (χ2n) is 7.33. The average molecular weight is 373 g/mol. The number of hydrogen-bond donors (Lipinski definition) is 1. The molecule has 5 heteroatoms. The zero-order valence-corrected chi connectivity index (χ0v) is 16.0. The Labute approximate surface area is 164 Å². The molecule has 0 saturated heterocycles. The monoisotopic (exact) mass is 373 g/mol. The van der Waals surface area contributed by atoms with Crippen molar-refractivity contribution >= 4 is 11.7 Å². The van der Waals surface area contributed by atoms with Crippen LogP contribution in [0.4, 0.5) is 5.82 Å². The van der Waals surface area contributed by atoms with E-state index in [0.29, 0.717) is 17.6 Å². The van der Waals surface area contributed by atoms with Gasteiger partial charge in [0.2, 0.25) is 5.91 Å². The average Bonchev–Trinajstić information content (AvgIpc) is 3.04. The van der Waals surface area contributed by atoms with E-state index in [1.54, 1.807) is 11.1 Å². The summed E-state index contributed by atoms with van der Waals surface area (Å²) in [4.78, 5) is 23.7. The van der Waals surface area contributed by atoms with Gasteiger partial charge in [-0.2, -0.15) is 0 Å². The van der Waals surface area contributed by atoms with Gasteiger partial charge in [0.25, 0.3) is 0 Å². The largest absolute Gasteiger partial charge is 0.394 e. The van der Waals surface area contributed by atoms with Crippen LogP contribution in [0.25, 0.3) is 11.4 Å². The molecule has 142 valence electrons. The van der Waals surface area contributed by atoms with Gasteiger partial charge in [0, 0.05) is 17.3 Å². The second kappa shape index (κ2) is 7.52. The van der Waals surface area contributed by atoms with E-state index in [9.17, 15) is 9.90 Å². The summed E-state index contributed by atoms with van der Waals surface area (Å²) in [6.07, 6.45) is 2.00. The van der Waals surface area contributed by atoms with E-state index in [4.69, 9.17) is 4.98 Å². The molecule has 0 spiro atoms. The number of aromatic nitrogens is 2. The van der Waals surface area contributed by atoms with Gasteiger partial charge in [-0.05, 0) is 17.0 Å². The zero-order valence-electron chi connectivity index (χ0n) is 16.0. The Bertz CT molecular complexity index is 1000. The smallest absolute Gasteiger partial charge is 0.233 e. The predicted octanol–water partition coefficient (Wildman–Crippen LogP) is 3.89. The topological polar surface area (TPSA) is 66.3 Å². The van der Waals surface area contributed by atoms with Gasteiger partial charge in [0.05, 0.1) is 19.1 Å². The fourth-order valence-electron chi connectivity index (χ4n) is 3.76. The zero-order chi connectivity index (χ0) is 19.7. The van der Waals surface area contributed by atoms with E-state index < -0.39 is 6.04 Å². The van der Waals surface area contributed by atoms with Crippen LogP contribution in [0.2, 0.25) is 0 Å². The first-order chi connectivity index (χ1) is 13.6. The molecule has 28 heavy (non-hydrogen) atoms. The van der Waals surface area contributed by atoms with Crippen molar-refractivity contribution in [2.24, 2.45) is 0 Å². The van der Waals surface area contributed by atoms with Gasteiger partial charge in [0.15, 0.2) is 5.82 Å². The molecule has 0 radical (unpaired) electrons. The Balaban J connectivity index is 1.80. The molecule has 0 bridgehead atoms. The number of fused-ring (bicyclic) bond motifs is 1. The van der Waals surface area contributed by atoms with Crippen molar-refractivity contribution in [2.75, 3.05) is 11.5 Å². The van der Waals surface area contributed by atoms with Gasteiger partial charge in [-0.1, -0.05) is 68.4 Å². The number of amides is 1. The van der Waals surface area contributed by atoms with E-state index in [1.807, 2.05) is 48.5 Å². The number of rotatable bonds is 5. The minimum Gasteiger partial charge on any atom is -0.394 e. The summed E-state index contributed by atoms with van der Waals surface area (Å²) in [6.45, 7) is 4.11. The minimum atomic E-state index is -0.460. The van der Waals surface area contributed by atoms with Gasteiger partial charge in [-0.15, -0.1) is 0 Å². The molecule has 1 atom stereocenters. The van der Waals surface area contributed by atoms with Crippen LogP contribution in [0.1, 0.15) is 42.5 Å². The second-order valence-corrected chi connectivity index (χ2v) is 7.33. The molecule has 3 aromatic rings. The lowest BCUT2D eigenvalue weighted by molar-refractivity contribution is -0.118. The van der Waals surface area contributed by atoms with Crippen LogP contribution in [0.3, 0.4) is 0 Å². The molecule has 2 heterocycles. The molecule has 5 nitrogen and oxygen atoms in total. The number of nitrogens with zero attached hydrogens (tertiary/aromatic N) is 3. The van der Waals surface area contributed by atoms with Crippen LogP contribution < -0.4 is 4.90 Å². The molecule has 1 aliphatic rings. The van der Waals surface area contributed by atoms with Crippen LogP contribution in [-0.2, 0) is 11.2 Å². The Kier molecular flexibility index (Phi) is 4.92. The van der Waals surface area contributed by atoms with E-state index in [2.05, 4.69) is 24.9 Å². The number of anilines is 1. The Morgan fingerprint density at radius 1 is 1.07 bits per heavy atom. The first kappa shape index (κ1) is 18.3. The summed E-state index contributed by atoms with van der Waals surface area (Å²) in [7, 11) is 0. The maximum absolute atomic E-state index is 12.8. The highest BCUT2D eigenvalue weighted by molar-refractivity contribution is 6.01. The number of aliphatic hydroxyl groups is 1. The van der Waals surface area contributed by atoms with Gasteiger partial charge in [-0.25, -0.2) is 9.97 Å². The van der Waals surface area contributed by atoms with Gasteiger partial charge in [0.1, 0.15) is 5.82 Å². The molecule has 4 rings (SSSR count). The molecule has 0 saturated carbocycles. The van der Waals surface area contributed by atoms with E-state index in [1.165, 1.54) is 5.56 Å². The number of carbonyl (C=O) groups excluding carboxylic acids is 1. The van der Waals surface area contributed by atoms with Crippen LogP contribution in [-0.4, -0.2) is 27.6 Å². The predicted molar refractivity (Wildman–Crippen MR) is 109 cm³/mol. The highest BCUT2D eigenvalue weighted by Gasteiger charge is 2.35. The fraction of sp³-hybridized carbons (Fsp3) is 0.261. The molecular formula is C23H23N3O2. The third-order valence-corrected chi connectivity index (χ3v) is 5.17. The number of carbonyl (C=O) groups is 1. The third kappa shape index (κ3) is 3.18. The van der Waals surface area contributed by atoms with Crippen molar-refractivity contribution in [1.82, 2.24) is 9.97 Å². The van der Waals surface area contributed by atoms with E-state index in [0.717, 1.165) is 16.7 Å². The van der Waals surface area contributed by atoms with Crippen LogP contribution >= 0.6 is 0 Å². The molecule has 1 amide bonds. The van der Waals surface area contributed by atoms with Crippen molar-refractivity contribution in [3.8, 4) is 11.4 Å². The SMILES string of the molecule is CC(C)c1ccccc1-c1ncc2c(n1)N([C@H](CO)c1ccccc1)C(=O)C2. The molecule has 1 aromatic heterocycles. The highest BCUT2D eigenvalue weighted by atomic mass is 16.3. The number of hydrogen-bond acceptors (Lipinski definition) is 4. The molecule has 1 N–H and O–H groups in total. The lowest BCUT2D eigenvalue weighted by atomic mass is 9.97. The summed E-state index contributed by atoms with van der Waals surface area (Å²) in [6, 6.07) is 17.2. The van der Waals surface area contributed by atoms with Crippen molar-refractivity contribution in [1.29, 1.82) is 0 Å². The van der Waals surface area contributed by atoms with Crippen LogP contribution in [0, 0.1) is 0 Å². The first-order valence-electron chi connectivity index (χ1n) is 9.53. The van der Waals surface area contributed by atoms with E-state index in [-0.39, 0.29) is 18.9 Å². The standard InChI is InChI=1S/C23H23N3O2/c1-15(2)18-10-6-7-11-19(18)22-24-13-17-12-21(28)26(23(17)25-22)20(14-27)16-8-4-3-5-9-16/h3-11,13,15,20,27H,12,14H2,1-2H3/t20-/m1/s1. The number of benzene rings is 2. The molecule has 0 unspecified atom stereocenters. The lowest BCUT2D eigenvalue weighted by Crippen LogP contribution is -2.34. The highest BCUT2D eigenvalue weighted by Crippen LogP contribution is 2.36. The molecule has 0 fully saturated rings. The van der Waals surface area contributed by atoms with Gasteiger partial charge < -0.3 is 5.11 Å². The number of aliphatic hydroxyl groups excluding tert-OH is 1. The molecular weight excluding hydrogens is 350 g/mol. The lowest BCUT2D eigenvalue weighted by Gasteiger charge is -2.26. The van der Waals surface area contributed by atoms with Crippen molar-refractivity contribution < 1.29 is 9.90 Å². The summed E-state index contributed by atoms with van der Waals surface area (Å²) in [5, 5.41) is 10.0. The van der Waals surface area contributed by atoms with Crippen LogP contribution in [0.5, 0.6) is 0 Å². The maximum atomic E-state index is 12.8. The van der Waals surface area contributed by atoms with Crippen molar-refractivity contribution in [2.45, 2.75) is 32.2 Å². The van der Waals surface area contributed by atoms with Crippen molar-refractivity contribution in [3.63, 3.8) is 0 Å². The Morgan fingerprint density at radius 2 is 1.79 bits per heavy atom. The maximum Gasteiger partial charge on any atom is 0.233 e. The summed E-state index contributed by atoms with van der Waals surface area (Å²) in [5.41, 5.74) is 3.82. The molecule has 0 aliphatic carbocycles. The normalized spacial score (nSPS) is 14.4. The fourth-order valence-corrected chi connectivity index (χ4v) is 3.76. The van der Waals surface area contributed by atoms with E-state index >= 15 is 0 Å². The minimum absolute atomic E-state index is 0.0681. The van der Waals surface area contributed by atoms with Gasteiger partial charge in [-0.3, -0.25) is 9.69 Å². The Morgan fingerprint density at radius 3 is 2.50 bits per heavy atom. The summed E-state index contributed by atoms with van der Waals surface area (Å²) in [5.74, 6) is 1.46. The quantitative estimate of drug-likeness (QED) is 0.737. The first-order valence-corrected chi connectivity index (χ1v) is 9.53. The summed E-state index contributed by atoms with van der Waals surface area (Å²) < 4.78 is 0. The molecule has 1 aliphatic heterocycles. The van der Waals surface area contributed by atoms with Crippen LogP contribution in [0.15, 0.2) is 60.8 Å². The van der Waals surface area contributed by atoms with Crippen molar-refractivity contribution in [3.05, 3.63) is 77.5 Å². The molecule has 2 aromatic carbocycles. The summed E-state index contributed by atoms with van der Waals surface area (Å²) >= 11 is 0. The van der Waals surface area contributed by atoms with Gasteiger partial charge >= 0.3 is 0 Å². The third-order valence-electron chi connectivity index (χ3n) is 5.17. The Hall–Kier alpha value is -3.05.